The standard InChI is InChI=1S/C19H24N4O2/c24-19(18-13-20-16-6-1-2-7-17(16)21-18)23-9-4-8-22(10-11-23)14-15-5-3-12-25-15/h1-2,6-7,13,15H,3-5,8-12,14H2. The lowest BCUT2D eigenvalue weighted by molar-refractivity contribution is 0.0701. The molecule has 2 fully saturated rings. The number of carbonyl (C=O) groups excluding carboxylic acids is 1. The van der Waals surface area contributed by atoms with E-state index in [0.717, 1.165) is 63.2 Å². The molecule has 2 aliphatic rings. The molecule has 132 valence electrons. The van der Waals surface area contributed by atoms with Gasteiger partial charge in [0, 0.05) is 32.8 Å². The van der Waals surface area contributed by atoms with Gasteiger partial charge < -0.3 is 9.64 Å². The number of hydrogen-bond acceptors (Lipinski definition) is 5. The summed E-state index contributed by atoms with van der Waals surface area (Å²) in [6, 6.07) is 7.65. The molecule has 3 heterocycles. The Morgan fingerprint density at radius 1 is 1.12 bits per heavy atom. The molecule has 0 N–H and O–H groups in total. The Kier molecular flexibility index (Phi) is 4.90. The zero-order valence-corrected chi connectivity index (χ0v) is 14.4. The first-order chi connectivity index (χ1) is 12.3. The summed E-state index contributed by atoms with van der Waals surface area (Å²) in [5.74, 6) is -0.0165. The molecule has 2 aromatic rings. The maximum atomic E-state index is 12.8. The summed E-state index contributed by atoms with van der Waals surface area (Å²) in [6.07, 6.45) is 5.28. The third-order valence-electron chi connectivity index (χ3n) is 5.03. The maximum absolute atomic E-state index is 12.8. The molecule has 1 aromatic carbocycles. The molecule has 2 aliphatic heterocycles. The zero-order chi connectivity index (χ0) is 17.1. The van der Waals surface area contributed by atoms with Crippen molar-refractivity contribution in [3.05, 3.63) is 36.2 Å². The average molecular weight is 340 g/mol. The van der Waals surface area contributed by atoms with E-state index in [1.807, 2.05) is 29.2 Å². The molecule has 0 spiro atoms. The van der Waals surface area contributed by atoms with Crippen molar-refractivity contribution < 1.29 is 9.53 Å². The van der Waals surface area contributed by atoms with Crippen molar-refractivity contribution in [2.75, 3.05) is 39.3 Å². The summed E-state index contributed by atoms with van der Waals surface area (Å²) < 4.78 is 5.74. The number of aromatic nitrogens is 2. The normalized spacial score (nSPS) is 22.2. The van der Waals surface area contributed by atoms with Gasteiger partial charge in [-0.05, 0) is 37.9 Å². The highest BCUT2D eigenvalue weighted by atomic mass is 16.5. The van der Waals surface area contributed by atoms with Gasteiger partial charge in [-0.15, -0.1) is 0 Å². The van der Waals surface area contributed by atoms with Gasteiger partial charge in [-0.1, -0.05) is 12.1 Å². The van der Waals surface area contributed by atoms with E-state index in [4.69, 9.17) is 4.74 Å². The molecule has 0 radical (unpaired) electrons. The van der Waals surface area contributed by atoms with Crippen LogP contribution in [0.3, 0.4) is 0 Å². The van der Waals surface area contributed by atoms with Crippen molar-refractivity contribution in [1.29, 1.82) is 0 Å². The molecular weight excluding hydrogens is 316 g/mol. The Morgan fingerprint density at radius 2 is 2.00 bits per heavy atom. The summed E-state index contributed by atoms with van der Waals surface area (Å²) in [4.78, 5) is 26.0. The van der Waals surface area contributed by atoms with E-state index < -0.39 is 0 Å². The molecule has 1 amide bonds. The molecule has 4 rings (SSSR count). The second-order valence-corrected chi connectivity index (χ2v) is 6.83. The minimum atomic E-state index is -0.0165. The van der Waals surface area contributed by atoms with Crippen LogP contribution < -0.4 is 0 Å². The van der Waals surface area contributed by atoms with E-state index in [1.54, 1.807) is 6.20 Å². The topological polar surface area (TPSA) is 58.6 Å². The van der Waals surface area contributed by atoms with Crippen molar-refractivity contribution in [2.45, 2.75) is 25.4 Å². The number of rotatable bonds is 3. The number of amides is 1. The molecule has 0 saturated carbocycles. The van der Waals surface area contributed by atoms with Crippen LogP contribution in [0.2, 0.25) is 0 Å². The molecule has 1 unspecified atom stereocenters. The Morgan fingerprint density at radius 3 is 2.84 bits per heavy atom. The first-order valence-corrected chi connectivity index (χ1v) is 9.14. The van der Waals surface area contributed by atoms with Gasteiger partial charge in [-0.25, -0.2) is 4.98 Å². The maximum Gasteiger partial charge on any atom is 0.274 e. The number of nitrogens with zero attached hydrogens (tertiary/aromatic N) is 4. The van der Waals surface area contributed by atoms with E-state index in [0.29, 0.717) is 11.8 Å². The third kappa shape index (κ3) is 3.80. The first-order valence-electron chi connectivity index (χ1n) is 9.14. The fraction of sp³-hybridized carbons (Fsp3) is 0.526. The van der Waals surface area contributed by atoms with Crippen LogP contribution in [0.5, 0.6) is 0 Å². The SMILES string of the molecule is O=C(c1cnc2ccccc2n1)N1CCCN(CC2CCCO2)CC1. The van der Waals surface area contributed by atoms with Gasteiger partial charge in [0.15, 0.2) is 0 Å². The minimum Gasteiger partial charge on any atom is -0.377 e. The van der Waals surface area contributed by atoms with Gasteiger partial charge in [0.1, 0.15) is 5.69 Å². The average Bonchev–Trinajstić information content (AvgIpc) is 3.05. The number of para-hydroxylation sites is 2. The number of ether oxygens (including phenoxy) is 1. The quantitative estimate of drug-likeness (QED) is 0.855. The lowest BCUT2D eigenvalue weighted by Crippen LogP contribution is -2.37. The largest absolute Gasteiger partial charge is 0.377 e. The van der Waals surface area contributed by atoms with Gasteiger partial charge in [-0.3, -0.25) is 14.7 Å². The summed E-state index contributed by atoms with van der Waals surface area (Å²) in [6.45, 7) is 5.30. The Bertz CT molecular complexity index is 745. The molecule has 1 aromatic heterocycles. The van der Waals surface area contributed by atoms with Gasteiger partial charge in [0.05, 0.1) is 23.3 Å². The Balaban J connectivity index is 1.41. The molecule has 25 heavy (non-hydrogen) atoms. The minimum absolute atomic E-state index is 0.0165. The third-order valence-corrected chi connectivity index (χ3v) is 5.03. The highest BCUT2D eigenvalue weighted by molar-refractivity contribution is 5.93. The van der Waals surface area contributed by atoms with Crippen LogP contribution in [-0.4, -0.2) is 71.1 Å². The summed E-state index contributed by atoms with van der Waals surface area (Å²) >= 11 is 0. The van der Waals surface area contributed by atoms with Gasteiger partial charge in [-0.2, -0.15) is 0 Å². The van der Waals surface area contributed by atoms with E-state index in [9.17, 15) is 4.79 Å². The highest BCUT2D eigenvalue weighted by Crippen LogP contribution is 2.16. The molecule has 0 bridgehead atoms. The van der Waals surface area contributed by atoms with E-state index in [1.165, 1.54) is 6.42 Å². The van der Waals surface area contributed by atoms with E-state index >= 15 is 0 Å². The monoisotopic (exact) mass is 340 g/mol. The van der Waals surface area contributed by atoms with E-state index in [2.05, 4.69) is 14.9 Å². The molecule has 6 heteroatoms. The fourth-order valence-corrected chi connectivity index (χ4v) is 3.66. The van der Waals surface area contributed by atoms with Crippen molar-refractivity contribution in [2.24, 2.45) is 0 Å². The van der Waals surface area contributed by atoms with E-state index in [-0.39, 0.29) is 5.91 Å². The van der Waals surface area contributed by atoms with Crippen molar-refractivity contribution in [1.82, 2.24) is 19.8 Å². The summed E-state index contributed by atoms with van der Waals surface area (Å²) in [5.41, 5.74) is 2.02. The Hall–Kier alpha value is -2.05. The lowest BCUT2D eigenvalue weighted by atomic mass is 10.2. The molecular formula is C19H24N4O2. The van der Waals surface area contributed by atoms with Crippen LogP contribution in [0.1, 0.15) is 29.8 Å². The molecule has 6 nitrogen and oxygen atoms in total. The second-order valence-electron chi connectivity index (χ2n) is 6.83. The van der Waals surface area contributed by atoms with Crippen LogP contribution >= 0.6 is 0 Å². The number of benzene rings is 1. The van der Waals surface area contributed by atoms with Crippen LogP contribution in [0.15, 0.2) is 30.5 Å². The molecule has 1 atom stereocenters. The summed E-state index contributed by atoms with van der Waals surface area (Å²) in [7, 11) is 0. The molecule has 2 saturated heterocycles. The second kappa shape index (κ2) is 7.45. The van der Waals surface area contributed by atoms with Crippen molar-refractivity contribution >= 4 is 16.9 Å². The number of carbonyl (C=O) groups is 1. The van der Waals surface area contributed by atoms with Crippen LogP contribution in [0.25, 0.3) is 11.0 Å². The highest BCUT2D eigenvalue weighted by Gasteiger charge is 2.24. The molecule has 0 aliphatic carbocycles. The first kappa shape index (κ1) is 16.4. The van der Waals surface area contributed by atoms with Crippen LogP contribution in [0.4, 0.5) is 0 Å². The predicted octanol–water partition coefficient (Wildman–Crippen LogP) is 1.96. The lowest BCUT2D eigenvalue weighted by Gasteiger charge is -2.24. The predicted molar refractivity (Wildman–Crippen MR) is 95.5 cm³/mol. The van der Waals surface area contributed by atoms with Crippen LogP contribution in [0, 0.1) is 0 Å². The number of hydrogen-bond donors (Lipinski definition) is 0. The van der Waals surface area contributed by atoms with Crippen LogP contribution in [-0.2, 0) is 4.74 Å². The number of fused-ring (bicyclic) bond motifs is 1. The zero-order valence-electron chi connectivity index (χ0n) is 14.4. The smallest absolute Gasteiger partial charge is 0.274 e. The van der Waals surface area contributed by atoms with Crippen molar-refractivity contribution in [3.63, 3.8) is 0 Å². The van der Waals surface area contributed by atoms with Gasteiger partial charge in [0.25, 0.3) is 5.91 Å². The van der Waals surface area contributed by atoms with Gasteiger partial charge >= 0.3 is 0 Å². The summed E-state index contributed by atoms with van der Waals surface area (Å²) in [5, 5.41) is 0. The van der Waals surface area contributed by atoms with Gasteiger partial charge in [0.2, 0.25) is 0 Å². The Labute approximate surface area is 147 Å². The fourth-order valence-electron chi connectivity index (χ4n) is 3.66. The van der Waals surface area contributed by atoms with Crippen molar-refractivity contribution in [3.8, 4) is 0 Å².